The Balaban J connectivity index is 2.28. The highest BCUT2D eigenvalue weighted by molar-refractivity contribution is 7.90. The van der Waals surface area contributed by atoms with Crippen LogP contribution in [0.5, 0.6) is 0 Å². The molecule has 0 aliphatic heterocycles. The number of nitrogens with zero attached hydrogens (tertiary/aromatic N) is 1. The van der Waals surface area contributed by atoms with Crippen molar-refractivity contribution in [3.8, 4) is 0 Å². The molecule has 1 aliphatic rings. The van der Waals surface area contributed by atoms with E-state index in [0.29, 0.717) is 5.15 Å². The first-order valence-corrected chi connectivity index (χ1v) is 8.18. The van der Waals surface area contributed by atoms with Crippen LogP contribution in [0.4, 0.5) is 0 Å². The lowest BCUT2D eigenvalue weighted by Gasteiger charge is -2.35. The molecule has 0 radical (unpaired) electrons. The predicted octanol–water partition coefficient (Wildman–Crippen LogP) is 3.56. The number of hydrogen-bond acceptors (Lipinski definition) is 3. The van der Waals surface area contributed by atoms with Crippen LogP contribution in [-0.4, -0.2) is 14.3 Å². The largest absolute Gasteiger partial charge is 0.598 e. The topological polar surface area (TPSA) is 48.0 Å². The quantitative estimate of drug-likeness (QED) is 0.686. The Bertz CT molecular complexity index is 441. The number of pyridine rings is 1. The van der Waals surface area contributed by atoms with Crippen LogP contribution >= 0.6 is 11.6 Å². The van der Waals surface area contributed by atoms with E-state index in [4.69, 9.17) is 11.6 Å². The predicted molar refractivity (Wildman–Crippen MR) is 80.4 cm³/mol. The molecule has 1 saturated carbocycles. The Morgan fingerprint density at radius 3 is 2.53 bits per heavy atom. The van der Waals surface area contributed by atoms with Gasteiger partial charge in [0.05, 0.1) is 5.54 Å². The van der Waals surface area contributed by atoms with E-state index >= 15 is 0 Å². The fraction of sp³-hybridized carbons (Fsp3) is 0.643. The first-order valence-electron chi connectivity index (χ1n) is 6.65. The summed E-state index contributed by atoms with van der Waals surface area (Å²) in [5.74, 6) is 0. The molecule has 1 heterocycles. The Morgan fingerprint density at radius 1 is 1.37 bits per heavy atom. The summed E-state index contributed by atoms with van der Waals surface area (Å²) < 4.78 is 15.5. The average Bonchev–Trinajstić information content (AvgIpc) is 2.77. The lowest BCUT2D eigenvalue weighted by molar-refractivity contribution is 0.396. The molecule has 106 valence electrons. The molecule has 1 atom stereocenters. The van der Waals surface area contributed by atoms with Gasteiger partial charge in [-0.3, -0.25) is 0 Å². The van der Waals surface area contributed by atoms with Crippen molar-refractivity contribution in [1.82, 2.24) is 9.71 Å². The molecule has 1 unspecified atom stereocenters. The van der Waals surface area contributed by atoms with Crippen LogP contribution in [0.25, 0.3) is 0 Å². The summed E-state index contributed by atoms with van der Waals surface area (Å²) in [4.78, 5) is 4.03. The maximum Gasteiger partial charge on any atom is 0.136 e. The second-order valence-electron chi connectivity index (χ2n) is 6.14. The van der Waals surface area contributed by atoms with Gasteiger partial charge in [-0.15, -0.1) is 4.72 Å². The van der Waals surface area contributed by atoms with Gasteiger partial charge in [0.15, 0.2) is 0 Å². The molecule has 19 heavy (non-hydrogen) atoms. The Kier molecular flexibility index (Phi) is 4.45. The monoisotopic (exact) mass is 300 g/mol. The Hall–Kier alpha value is -0.290. The van der Waals surface area contributed by atoms with Gasteiger partial charge in [0.2, 0.25) is 0 Å². The van der Waals surface area contributed by atoms with Crippen molar-refractivity contribution in [2.45, 2.75) is 56.7 Å². The maximum atomic E-state index is 12.4. The highest BCUT2D eigenvalue weighted by Gasteiger charge is 2.42. The zero-order valence-electron chi connectivity index (χ0n) is 11.7. The third-order valence-corrected chi connectivity index (χ3v) is 5.48. The van der Waals surface area contributed by atoms with Crippen molar-refractivity contribution < 1.29 is 4.55 Å². The van der Waals surface area contributed by atoms with Crippen LogP contribution in [0.15, 0.2) is 18.3 Å². The van der Waals surface area contributed by atoms with Crippen molar-refractivity contribution in [2.24, 2.45) is 0 Å². The summed E-state index contributed by atoms with van der Waals surface area (Å²) in [6, 6.07) is 3.86. The number of halogens is 1. The fourth-order valence-corrected chi connectivity index (χ4v) is 3.62. The zero-order chi connectivity index (χ0) is 14.1. The van der Waals surface area contributed by atoms with Crippen molar-refractivity contribution in [2.75, 3.05) is 0 Å². The highest BCUT2D eigenvalue weighted by Crippen LogP contribution is 2.40. The van der Waals surface area contributed by atoms with Gasteiger partial charge in [0.25, 0.3) is 0 Å². The second kappa shape index (κ2) is 5.60. The van der Waals surface area contributed by atoms with E-state index in [9.17, 15) is 4.55 Å². The van der Waals surface area contributed by atoms with E-state index in [0.717, 1.165) is 31.2 Å². The van der Waals surface area contributed by atoms with E-state index in [1.54, 1.807) is 6.20 Å². The van der Waals surface area contributed by atoms with Gasteiger partial charge in [-0.1, -0.05) is 24.4 Å². The SMILES string of the molecule is CC(C)(C)[S+]([O-])NC1(c2ccnc(Cl)c2)CCCC1. The van der Waals surface area contributed by atoms with Crippen molar-refractivity contribution in [3.05, 3.63) is 29.0 Å². The van der Waals surface area contributed by atoms with Gasteiger partial charge in [-0.25, -0.2) is 4.98 Å². The molecule has 3 nitrogen and oxygen atoms in total. The molecular weight excluding hydrogens is 280 g/mol. The molecular formula is C14H21ClN2OS. The van der Waals surface area contributed by atoms with E-state index in [2.05, 4.69) is 9.71 Å². The molecule has 0 spiro atoms. The summed E-state index contributed by atoms with van der Waals surface area (Å²) in [7, 11) is 0. The molecule has 1 aromatic heterocycles. The summed E-state index contributed by atoms with van der Waals surface area (Å²) in [6.07, 6.45) is 6.01. The van der Waals surface area contributed by atoms with Crippen LogP contribution in [0, 0.1) is 0 Å². The normalized spacial score (nSPS) is 20.5. The van der Waals surface area contributed by atoms with E-state index in [-0.39, 0.29) is 10.3 Å². The first-order chi connectivity index (χ1) is 8.83. The van der Waals surface area contributed by atoms with Gasteiger partial charge in [0.1, 0.15) is 9.90 Å². The number of nitrogens with one attached hydrogen (secondary N) is 1. The lowest BCUT2D eigenvalue weighted by Crippen LogP contribution is -2.50. The molecule has 0 saturated heterocycles. The molecule has 1 aromatic rings. The fourth-order valence-electron chi connectivity index (χ4n) is 2.46. The van der Waals surface area contributed by atoms with Crippen LogP contribution in [-0.2, 0) is 16.9 Å². The molecule has 0 bridgehead atoms. The highest BCUT2D eigenvalue weighted by atomic mass is 35.5. The minimum absolute atomic E-state index is 0.218. The molecule has 2 rings (SSSR count). The summed E-state index contributed by atoms with van der Waals surface area (Å²) >= 11 is 4.91. The van der Waals surface area contributed by atoms with Gasteiger partial charge >= 0.3 is 0 Å². The van der Waals surface area contributed by atoms with E-state index < -0.39 is 11.4 Å². The van der Waals surface area contributed by atoms with Crippen LogP contribution in [0.3, 0.4) is 0 Å². The standard InChI is InChI=1S/C14H21ClN2OS/c1-13(2,3)19(18)17-14(7-4-5-8-14)11-6-9-16-12(15)10-11/h6,9-10,17H,4-5,7-8H2,1-3H3. The zero-order valence-corrected chi connectivity index (χ0v) is 13.3. The van der Waals surface area contributed by atoms with E-state index in [1.807, 2.05) is 32.9 Å². The third kappa shape index (κ3) is 3.43. The minimum Gasteiger partial charge on any atom is -0.598 e. The van der Waals surface area contributed by atoms with Gasteiger partial charge < -0.3 is 4.55 Å². The van der Waals surface area contributed by atoms with Crippen molar-refractivity contribution in [3.63, 3.8) is 0 Å². The van der Waals surface area contributed by atoms with Gasteiger partial charge in [0, 0.05) is 17.6 Å². The summed E-state index contributed by atoms with van der Waals surface area (Å²) in [5, 5.41) is 0.493. The first kappa shape index (κ1) is 15.1. The lowest BCUT2D eigenvalue weighted by atomic mass is 9.90. The summed E-state index contributed by atoms with van der Waals surface area (Å²) in [6.45, 7) is 5.95. The average molecular weight is 301 g/mol. The molecule has 0 amide bonds. The molecule has 5 heteroatoms. The molecule has 1 N–H and O–H groups in total. The molecule has 1 fully saturated rings. The number of hydrogen-bond donors (Lipinski definition) is 1. The summed E-state index contributed by atoms with van der Waals surface area (Å²) in [5.41, 5.74) is 0.882. The number of rotatable bonds is 3. The third-order valence-electron chi connectivity index (χ3n) is 3.58. The maximum absolute atomic E-state index is 12.4. The van der Waals surface area contributed by atoms with Crippen molar-refractivity contribution >= 4 is 23.0 Å². The van der Waals surface area contributed by atoms with Crippen molar-refractivity contribution in [1.29, 1.82) is 0 Å². The van der Waals surface area contributed by atoms with Crippen LogP contribution in [0.1, 0.15) is 52.0 Å². The van der Waals surface area contributed by atoms with Crippen LogP contribution < -0.4 is 4.72 Å². The molecule has 0 aromatic carbocycles. The minimum atomic E-state index is -1.09. The number of aromatic nitrogens is 1. The van der Waals surface area contributed by atoms with Crippen LogP contribution in [0.2, 0.25) is 5.15 Å². The Labute approximate surface area is 123 Å². The Morgan fingerprint density at radius 2 is 2.00 bits per heavy atom. The molecule has 1 aliphatic carbocycles. The van der Waals surface area contributed by atoms with Gasteiger partial charge in [-0.05, 0) is 51.3 Å². The van der Waals surface area contributed by atoms with E-state index in [1.165, 1.54) is 0 Å². The smallest absolute Gasteiger partial charge is 0.136 e. The van der Waals surface area contributed by atoms with Gasteiger partial charge in [-0.2, -0.15) is 0 Å². The second-order valence-corrected chi connectivity index (χ2v) is 8.49.